The second-order valence-corrected chi connectivity index (χ2v) is 0.534. The minimum Gasteiger partial charge on any atom is -0.323 e. The molecule has 2 heteroatoms. The van der Waals surface area contributed by atoms with E-state index in [2.05, 4.69) is 17.5 Å². The van der Waals surface area contributed by atoms with Crippen molar-refractivity contribution in [3.05, 3.63) is 12.7 Å². The predicted molar refractivity (Wildman–Crippen MR) is 34.2 cm³/mol. The molecule has 0 saturated heterocycles. The van der Waals surface area contributed by atoms with Crippen LogP contribution in [0.5, 0.6) is 0 Å². The van der Waals surface area contributed by atoms with Gasteiger partial charge >= 0.3 is 0 Å². The number of hydrogen-bond donors (Lipinski definition) is 1. The lowest BCUT2D eigenvalue weighted by atomic mass is 10.7. The number of nitrogens with zero attached hydrogens (tertiary/aromatic N) is 1. The SMILES string of the molecule is C=C/C=N/N.CC. The summed E-state index contributed by atoms with van der Waals surface area (Å²) in [7, 11) is 0. The van der Waals surface area contributed by atoms with Crippen molar-refractivity contribution in [3.8, 4) is 0 Å². The molecule has 0 aliphatic heterocycles. The van der Waals surface area contributed by atoms with Crippen LogP contribution in [0.15, 0.2) is 17.8 Å². The van der Waals surface area contributed by atoms with Crippen molar-refractivity contribution in [2.75, 3.05) is 0 Å². The lowest BCUT2D eigenvalue weighted by Crippen LogP contribution is -1.75. The number of allylic oxidation sites excluding steroid dienone is 1. The fourth-order valence-electron chi connectivity index (χ4n) is 0.0609. The molecule has 0 aromatic carbocycles. The fourth-order valence-corrected chi connectivity index (χ4v) is 0.0609. The van der Waals surface area contributed by atoms with Gasteiger partial charge in [0.2, 0.25) is 0 Å². The van der Waals surface area contributed by atoms with Crippen molar-refractivity contribution >= 4 is 6.21 Å². The maximum atomic E-state index is 4.64. The van der Waals surface area contributed by atoms with Gasteiger partial charge in [-0.15, -0.1) is 0 Å². The molecule has 42 valence electrons. The summed E-state index contributed by atoms with van der Waals surface area (Å²) < 4.78 is 0. The monoisotopic (exact) mass is 100 g/mol. The first-order valence-corrected chi connectivity index (χ1v) is 2.26. The molecule has 0 radical (unpaired) electrons. The Morgan fingerprint density at radius 2 is 2.00 bits per heavy atom. The van der Waals surface area contributed by atoms with E-state index in [4.69, 9.17) is 0 Å². The zero-order valence-electron chi connectivity index (χ0n) is 4.89. The molecule has 7 heavy (non-hydrogen) atoms. The molecule has 0 fully saturated rings. The van der Waals surface area contributed by atoms with Gasteiger partial charge in [-0.2, -0.15) is 5.10 Å². The third-order valence-electron chi connectivity index (χ3n) is 0.191. The number of nitrogens with two attached hydrogens (primary N) is 1. The van der Waals surface area contributed by atoms with E-state index in [0.29, 0.717) is 0 Å². The molecule has 0 bridgehead atoms. The van der Waals surface area contributed by atoms with E-state index in [1.54, 1.807) is 0 Å². The number of rotatable bonds is 1. The zero-order chi connectivity index (χ0) is 6.12. The van der Waals surface area contributed by atoms with Gasteiger partial charge in [0.1, 0.15) is 0 Å². The Balaban J connectivity index is 0. The molecule has 0 aliphatic carbocycles. The van der Waals surface area contributed by atoms with E-state index in [1.807, 2.05) is 13.8 Å². The van der Waals surface area contributed by atoms with Gasteiger partial charge in [-0.05, 0) is 6.08 Å². The van der Waals surface area contributed by atoms with Gasteiger partial charge < -0.3 is 5.84 Å². The minimum atomic E-state index is 1.42. The van der Waals surface area contributed by atoms with Crippen molar-refractivity contribution in [1.82, 2.24) is 0 Å². The third kappa shape index (κ3) is 36.7. The van der Waals surface area contributed by atoms with E-state index >= 15 is 0 Å². The number of hydrazone groups is 1. The van der Waals surface area contributed by atoms with Crippen molar-refractivity contribution in [2.24, 2.45) is 10.9 Å². The lowest BCUT2D eigenvalue weighted by Gasteiger charge is -1.59. The Kier molecular flexibility index (Phi) is 25.7. The normalized spacial score (nSPS) is 7.14. The molecular formula is C5H12N2. The van der Waals surface area contributed by atoms with Crippen LogP contribution in [0.1, 0.15) is 13.8 Å². The fraction of sp³-hybridized carbons (Fsp3) is 0.400. The zero-order valence-corrected chi connectivity index (χ0v) is 4.89. The van der Waals surface area contributed by atoms with Crippen LogP contribution in [0.4, 0.5) is 0 Å². The van der Waals surface area contributed by atoms with Crippen LogP contribution in [0.25, 0.3) is 0 Å². The smallest absolute Gasteiger partial charge is 0.0459 e. The molecular weight excluding hydrogens is 88.1 g/mol. The molecule has 0 aromatic heterocycles. The topological polar surface area (TPSA) is 38.4 Å². The van der Waals surface area contributed by atoms with Crippen LogP contribution in [0.2, 0.25) is 0 Å². The Bertz CT molecular complexity index is 48.0. The van der Waals surface area contributed by atoms with E-state index in [-0.39, 0.29) is 0 Å². The molecule has 0 aliphatic rings. The molecule has 0 rings (SSSR count). The summed E-state index contributed by atoms with van der Waals surface area (Å²) in [5.41, 5.74) is 0. The van der Waals surface area contributed by atoms with Gasteiger partial charge in [0.05, 0.1) is 0 Å². The van der Waals surface area contributed by atoms with Crippen molar-refractivity contribution in [3.63, 3.8) is 0 Å². The summed E-state index contributed by atoms with van der Waals surface area (Å²) in [4.78, 5) is 0. The Morgan fingerprint density at radius 3 is 2.00 bits per heavy atom. The summed E-state index contributed by atoms with van der Waals surface area (Å²) in [6.07, 6.45) is 2.93. The van der Waals surface area contributed by atoms with Crippen LogP contribution in [-0.2, 0) is 0 Å². The maximum Gasteiger partial charge on any atom is 0.0459 e. The summed E-state index contributed by atoms with van der Waals surface area (Å²) in [6, 6.07) is 0. The van der Waals surface area contributed by atoms with E-state index in [1.165, 1.54) is 12.3 Å². The highest BCUT2D eigenvalue weighted by Crippen LogP contribution is 1.44. The van der Waals surface area contributed by atoms with Gasteiger partial charge in [0, 0.05) is 6.21 Å². The van der Waals surface area contributed by atoms with E-state index in [0.717, 1.165) is 0 Å². The van der Waals surface area contributed by atoms with Crippen molar-refractivity contribution in [1.29, 1.82) is 0 Å². The van der Waals surface area contributed by atoms with Gasteiger partial charge in [-0.25, -0.2) is 0 Å². The van der Waals surface area contributed by atoms with Crippen molar-refractivity contribution in [2.45, 2.75) is 13.8 Å². The highest BCUT2D eigenvalue weighted by Gasteiger charge is 1.42. The molecule has 2 N–H and O–H groups in total. The van der Waals surface area contributed by atoms with Gasteiger partial charge in [0.25, 0.3) is 0 Å². The molecule has 0 heterocycles. The molecule has 2 nitrogen and oxygen atoms in total. The molecule has 0 atom stereocenters. The van der Waals surface area contributed by atoms with Crippen LogP contribution in [0, 0.1) is 0 Å². The average molecular weight is 100 g/mol. The van der Waals surface area contributed by atoms with Crippen LogP contribution in [-0.4, -0.2) is 6.21 Å². The largest absolute Gasteiger partial charge is 0.323 e. The first-order chi connectivity index (χ1) is 3.41. The highest BCUT2D eigenvalue weighted by atomic mass is 15.1. The average Bonchev–Trinajstić information content (AvgIpc) is 1.75. The van der Waals surface area contributed by atoms with Crippen LogP contribution < -0.4 is 5.84 Å². The Hall–Kier alpha value is -0.790. The van der Waals surface area contributed by atoms with Crippen LogP contribution >= 0.6 is 0 Å². The first kappa shape index (κ1) is 9.51. The van der Waals surface area contributed by atoms with Gasteiger partial charge in [0.15, 0.2) is 0 Å². The second kappa shape index (κ2) is 18.9. The lowest BCUT2D eigenvalue weighted by molar-refractivity contribution is 1.27. The maximum absolute atomic E-state index is 4.64. The van der Waals surface area contributed by atoms with Crippen LogP contribution in [0.3, 0.4) is 0 Å². The molecule has 0 amide bonds. The quantitative estimate of drug-likeness (QED) is 0.299. The molecule has 0 spiro atoms. The number of hydrogen-bond acceptors (Lipinski definition) is 2. The summed E-state index contributed by atoms with van der Waals surface area (Å²) in [6.45, 7) is 7.32. The predicted octanol–water partition coefficient (Wildman–Crippen LogP) is 1.14. The summed E-state index contributed by atoms with van der Waals surface area (Å²) >= 11 is 0. The first-order valence-electron chi connectivity index (χ1n) is 2.26. The van der Waals surface area contributed by atoms with Gasteiger partial charge in [-0.1, -0.05) is 20.4 Å². The Labute approximate surface area is 44.7 Å². The standard InChI is InChI=1S/C3H6N2.C2H6/c1-2-3-5-4;1-2/h2-3H,1,4H2;1-2H3/b5-3+;. The second-order valence-electron chi connectivity index (χ2n) is 0.534. The molecule has 0 unspecified atom stereocenters. The molecule has 0 aromatic rings. The van der Waals surface area contributed by atoms with Gasteiger partial charge in [-0.3, -0.25) is 0 Å². The Morgan fingerprint density at radius 1 is 1.57 bits per heavy atom. The summed E-state index contributed by atoms with van der Waals surface area (Å²) in [5.74, 6) is 4.64. The van der Waals surface area contributed by atoms with E-state index in [9.17, 15) is 0 Å². The van der Waals surface area contributed by atoms with E-state index < -0.39 is 0 Å². The molecule has 0 saturated carbocycles. The summed E-state index contributed by atoms with van der Waals surface area (Å²) in [5, 5.41) is 3.11. The minimum absolute atomic E-state index is 1.42. The van der Waals surface area contributed by atoms with Crippen molar-refractivity contribution < 1.29 is 0 Å². The third-order valence-corrected chi connectivity index (χ3v) is 0.191. The highest BCUT2D eigenvalue weighted by molar-refractivity contribution is 5.69.